The van der Waals surface area contributed by atoms with Gasteiger partial charge in [-0.3, -0.25) is 0 Å². The third-order valence-corrected chi connectivity index (χ3v) is 5.20. The quantitative estimate of drug-likeness (QED) is 0.156. The molecule has 0 saturated heterocycles. The molecule has 0 spiro atoms. The molecule has 0 radical (unpaired) electrons. The summed E-state index contributed by atoms with van der Waals surface area (Å²) >= 11 is 1.09. The van der Waals surface area contributed by atoms with Crippen molar-refractivity contribution in [2.75, 3.05) is 0 Å². The van der Waals surface area contributed by atoms with Crippen LogP contribution in [-0.4, -0.2) is 40.0 Å². The Labute approximate surface area is 155 Å². The third kappa shape index (κ3) is 15.1. The molecule has 0 amide bonds. The Balaban J connectivity index is 3.28. The Bertz CT molecular complexity index is 266. The van der Waals surface area contributed by atoms with Crippen LogP contribution >= 0.6 is 0 Å². The summed E-state index contributed by atoms with van der Waals surface area (Å²) in [6.07, 6.45) is 18.9. The van der Waals surface area contributed by atoms with Gasteiger partial charge in [-0.1, -0.05) is 26.2 Å². The van der Waals surface area contributed by atoms with E-state index in [1.165, 1.54) is 83.1 Å². The van der Waals surface area contributed by atoms with Gasteiger partial charge in [0, 0.05) is 0 Å². The van der Waals surface area contributed by atoms with Crippen molar-refractivity contribution >= 4 is 33.9 Å². The van der Waals surface area contributed by atoms with Gasteiger partial charge in [-0.15, -0.1) is 0 Å². The van der Waals surface area contributed by atoms with Gasteiger partial charge in [0.1, 0.15) is 0 Å². The molecule has 22 heavy (non-hydrogen) atoms. The molecule has 0 aliphatic heterocycles. The fourth-order valence-electron chi connectivity index (χ4n) is 2.77. The zero-order valence-electron chi connectivity index (χ0n) is 15.1. The van der Waals surface area contributed by atoms with E-state index in [0.29, 0.717) is 0 Å². The Morgan fingerprint density at radius 3 is 1.82 bits per heavy atom. The summed E-state index contributed by atoms with van der Waals surface area (Å²) in [4.78, 5) is 11.2. The number of carbonyl (C=O) groups excluding carboxylic acids is 1. The first-order valence-corrected chi connectivity index (χ1v) is 11.0. The summed E-state index contributed by atoms with van der Waals surface area (Å²) in [5, 5.41) is 0. The Morgan fingerprint density at radius 1 is 0.955 bits per heavy atom. The predicted molar refractivity (Wildman–Crippen MR) is 96.3 cm³/mol. The second-order valence-corrected chi connectivity index (χ2v) is 7.17. The Hall–Kier alpha value is 0.210. The molecule has 0 aromatic carbocycles. The second-order valence-electron chi connectivity index (χ2n) is 6.35. The third-order valence-electron chi connectivity index (χ3n) is 4.28. The molecule has 0 fully saturated rings. The van der Waals surface area contributed by atoms with Crippen LogP contribution in [0.2, 0.25) is 3.67 Å². The first kappa shape index (κ1) is 22.2. The fraction of sp³-hybridized carbons (Fsp3) is 0.842. The molecule has 0 aromatic heterocycles. The standard InChI is InChI=1S/C19H35O2.Na/c1-4-6-7-8-9-10-11-12-13-14-15-16-17-18(3)21-19(20)5-2;/h5,18H,2-4,6-17H2,1H3;. The van der Waals surface area contributed by atoms with Crippen molar-refractivity contribution in [1.82, 2.24) is 0 Å². The monoisotopic (exact) mass is 318 g/mol. The normalized spacial score (nSPS) is 12.1. The van der Waals surface area contributed by atoms with Gasteiger partial charge in [-0.2, -0.15) is 0 Å². The van der Waals surface area contributed by atoms with Crippen LogP contribution in [0, 0.1) is 0 Å². The van der Waals surface area contributed by atoms with Crippen LogP contribution in [0.4, 0.5) is 0 Å². The maximum atomic E-state index is 11.2. The number of hydrogen-bond acceptors (Lipinski definition) is 2. The zero-order valence-corrected chi connectivity index (χ0v) is 17.1. The van der Waals surface area contributed by atoms with Crippen molar-refractivity contribution in [2.24, 2.45) is 0 Å². The van der Waals surface area contributed by atoms with E-state index in [1.54, 1.807) is 0 Å². The van der Waals surface area contributed by atoms with Gasteiger partial charge in [-0.25, -0.2) is 0 Å². The molecule has 0 saturated carbocycles. The minimum Gasteiger partial charge on any atom is -0.0654 e. The topological polar surface area (TPSA) is 26.3 Å². The number of ether oxygens (including phenoxy) is 1. The fourth-order valence-corrected chi connectivity index (χ4v) is 3.35. The van der Waals surface area contributed by atoms with Crippen LogP contribution < -0.4 is 0 Å². The van der Waals surface area contributed by atoms with E-state index in [1.807, 2.05) is 0 Å². The van der Waals surface area contributed by atoms with Gasteiger partial charge in [-0.05, 0) is 0 Å². The molecule has 0 bridgehead atoms. The first-order valence-electron chi connectivity index (χ1n) is 9.57. The van der Waals surface area contributed by atoms with Crippen molar-refractivity contribution in [1.29, 1.82) is 0 Å². The van der Waals surface area contributed by atoms with Crippen LogP contribution in [-0.2, 0) is 9.53 Å². The van der Waals surface area contributed by atoms with E-state index in [2.05, 4.69) is 13.5 Å². The molecule has 124 valence electrons. The van der Waals surface area contributed by atoms with Crippen LogP contribution in [0.25, 0.3) is 0 Å². The van der Waals surface area contributed by atoms with Crippen molar-refractivity contribution in [3.63, 3.8) is 0 Å². The molecular weight excluding hydrogens is 283 g/mol. The minimum atomic E-state index is -0.264. The molecule has 0 rings (SSSR count). The van der Waals surface area contributed by atoms with Crippen LogP contribution in [0.5, 0.6) is 0 Å². The number of unbranched alkanes of at least 4 members (excludes halogenated alkanes) is 11. The van der Waals surface area contributed by atoms with Crippen molar-refractivity contribution in [3.8, 4) is 0 Å². The first-order chi connectivity index (χ1) is 10.7. The molecule has 2 nitrogen and oxygen atoms in total. The average Bonchev–Trinajstić information content (AvgIpc) is 2.54. The van der Waals surface area contributed by atoms with E-state index in [9.17, 15) is 4.79 Å². The summed E-state index contributed by atoms with van der Waals surface area (Å²) in [5.74, 6) is -0.264. The van der Waals surface area contributed by atoms with Crippen molar-refractivity contribution in [3.05, 3.63) is 12.7 Å². The molecule has 3 heteroatoms. The van der Waals surface area contributed by atoms with Crippen molar-refractivity contribution < 1.29 is 9.53 Å². The van der Waals surface area contributed by atoms with Crippen molar-refractivity contribution in [2.45, 2.75) is 100 Å². The van der Waals surface area contributed by atoms with Gasteiger partial charge in [0.05, 0.1) is 0 Å². The number of carbonyl (C=O) groups is 1. The number of esters is 1. The van der Waals surface area contributed by atoms with Gasteiger partial charge in [0.15, 0.2) is 0 Å². The Morgan fingerprint density at radius 2 is 1.41 bits per heavy atom. The predicted octanol–water partition coefficient (Wildman–Crippen LogP) is 5.76. The Kier molecular flexibility index (Phi) is 17.7. The van der Waals surface area contributed by atoms with Crippen LogP contribution in [0.3, 0.4) is 0 Å². The van der Waals surface area contributed by atoms with Gasteiger partial charge in [0.2, 0.25) is 0 Å². The SMILES string of the molecule is C=CC(=O)OC([CH2][Na])CCCCCCCCCCCCCC. The molecular formula is C19H35NaO2. The van der Waals surface area contributed by atoms with Crippen LogP contribution in [0.15, 0.2) is 12.7 Å². The summed E-state index contributed by atoms with van der Waals surface area (Å²) in [5.41, 5.74) is 0. The average molecular weight is 318 g/mol. The van der Waals surface area contributed by atoms with Gasteiger partial charge >= 0.3 is 130 Å². The molecule has 0 aromatic rings. The molecule has 0 N–H and O–H groups in total. The second kappa shape index (κ2) is 17.6. The maximum absolute atomic E-state index is 11.2. The van der Waals surface area contributed by atoms with Crippen LogP contribution in [0.1, 0.15) is 90.4 Å². The molecule has 0 aliphatic rings. The van der Waals surface area contributed by atoms with E-state index in [0.717, 1.165) is 38.0 Å². The molecule has 0 aliphatic carbocycles. The van der Waals surface area contributed by atoms with E-state index in [-0.39, 0.29) is 12.1 Å². The number of hydrogen-bond donors (Lipinski definition) is 0. The summed E-state index contributed by atoms with van der Waals surface area (Å²) in [6.45, 7) is 5.72. The van der Waals surface area contributed by atoms with Gasteiger partial charge in [0.25, 0.3) is 0 Å². The van der Waals surface area contributed by atoms with E-state index in [4.69, 9.17) is 4.74 Å². The minimum absolute atomic E-state index is 0.139. The summed E-state index contributed by atoms with van der Waals surface area (Å²) in [7, 11) is 0. The van der Waals surface area contributed by atoms with Gasteiger partial charge < -0.3 is 0 Å². The number of rotatable bonds is 16. The van der Waals surface area contributed by atoms with E-state index >= 15 is 0 Å². The molecule has 1 unspecified atom stereocenters. The van der Waals surface area contributed by atoms with E-state index < -0.39 is 0 Å². The summed E-state index contributed by atoms with van der Waals surface area (Å²) in [6, 6.07) is 0. The summed E-state index contributed by atoms with van der Waals surface area (Å²) < 4.78 is 6.37. The zero-order chi connectivity index (χ0) is 16.5. The molecule has 0 heterocycles. The smallest absolute Gasteiger partial charge is 0.0654 e. The molecule has 1 atom stereocenters.